The Kier molecular flexibility index (Phi) is 6.30. The van der Waals surface area contributed by atoms with Gasteiger partial charge in [0.15, 0.2) is 0 Å². The van der Waals surface area contributed by atoms with E-state index in [9.17, 15) is 35.5 Å². The number of amides is 1. The van der Waals surface area contributed by atoms with Crippen LogP contribution in [0.2, 0.25) is 0 Å². The van der Waals surface area contributed by atoms with Gasteiger partial charge in [0.2, 0.25) is 5.91 Å². The molecule has 0 aromatic heterocycles. The molecular weight excluding hydrogens is 505 g/mol. The quantitative estimate of drug-likeness (QED) is 0.519. The lowest BCUT2D eigenvalue weighted by molar-refractivity contribution is -0.143. The van der Waals surface area contributed by atoms with E-state index in [1.165, 1.54) is 19.1 Å². The molecule has 7 atom stereocenters. The first-order valence-electron chi connectivity index (χ1n) is 12.0. The van der Waals surface area contributed by atoms with Crippen LogP contribution < -0.4 is 5.73 Å². The summed E-state index contributed by atoms with van der Waals surface area (Å²) in [5, 5.41) is 0. The number of ether oxygens (including phenoxy) is 1. The summed E-state index contributed by atoms with van der Waals surface area (Å²) in [5.41, 5.74) is 3.68. The number of alkyl halides is 6. The maximum atomic E-state index is 13.7. The lowest BCUT2D eigenvalue weighted by Gasteiger charge is -2.29. The third-order valence-electron chi connectivity index (χ3n) is 7.91. The molecule has 0 unspecified atom stereocenters. The first-order valence-corrected chi connectivity index (χ1v) is 12.0. The van der Waals surface area contributed by atoms with Crippen molar-refractivity contribution in [3.63, 3.8) is 0 Å². The molecule has 1 saturated carbocycles. The molecule has 11 heteroatoms. The highest BCUT2D eigenvalue weighted by Gasteiger charge is 2.60. The van der Waals surface area contributed by atoms with Gasteiger partial charge in [-0.1, -0.05) is 12.1 Å². The second-order valence-corrected chi connectivity index (χ2v) is 10.2. The van der Waals surface area contributed by atoms with Gasteiger partial charge in [0.05, 0.1) is 23.3 Å². The van der Waals surface area contributed by atoms with Gasteiger partial charge in [0, 0.05) is 30.5 Å². The van der Waals surface area contributed by atoms with Crippen molar-refractivity contribution in [2.24, 2.45) is 17.6 Å². The lowest BCUT2D eigenvalue weighted by atomic mass is 9.81. The van der Waals surface area contributed by atoms with Crippen LogP contribution in [0.25, 0.3) is 0 Å². The summed E-state index contributed by atoms with van der Waals surface area (Å²) >= 11 is 0. The summed E-state index contributed by atoms with van der Waals surface area (Å²) in [6.07, 6.45) is -10.7. The highest BCUT2D eigenvalue weighted by molar-refractivity contribution is 5.83. The Hall–Kier alpha value is -2.66. The van der Waals surface area contributed by atoms with Crippen molar-refractivity contribution in [3.05, 3.63) is 70.5 Å². The van der Waals surface area contributed by atoms with Crippen molar-refractivity contribution in [3.8, 4) is 0 Å². The molecule has 2 saturated heterocycles. The van der Waals surface area contributed by atoms with Crippen LogP contribution in [0.1, 0.15) is 54.0 Å². The minimum Gasteiger partial charge on any atom is -0.368 e. The van der Waals surface area contributed by atoms with Gasteiger partial charge in [-0.05, 0) is 67.1 Å². The second-order valence-electron chi connectivity index (χ2n) is 10.2. The molecule has 2 N–H and O–H groups in total. The largest absolute Gasteiger partial charge is 0.416 e. The van der Waals surface area contributed by atoms with E-state index in [2.05, 4.69) is 0 Å². The summed E-state index contributed by atoms with van der Waals surface area (Å²) in [4.78, 5) is 14.9. The molecule has 5 rings (SSSR count). The van der Waals surface area contributed by atoms with Gasteiger partial charge >= 0.3 is 12.4 Å². The molecule has 1 aliphatic carbocycles. The van der Waals surface area contributed by atoms with Crippen LogP contribution >= 0.6 is 0 Å². The highest BCUT2D eigenvalue weighted by Crippen LogP contribution is 2.52. The number of carbonyl (C=O) groups excluding carboxylic acids is 1. The van der Waals surface area contributed by atoms with Gasteiger partial charge in [-0.2, -0.15) is 26.3 Å². The number of rotatable bonds is 4. The van der Waals surface area contributed by atoms with Crippen LogP contribution in [0.15, 0.2) is 42.5 Å². The van der Waals surface area contributed by atoms with E-state index in [0.717, 1.165) is 0 Å². The zero-order chi connectivity index (χ0) is 26.9. The zero-order valence-electron chi connectivity index (χ0n) is 19.7. The predicted octanol–water partition coefficient (Wildman–Crippen LogP) is 5.67. The molecule has 2 aromatic carbocycles. The molecule has 3 aliphatic rings. The summed E-state index contributed by atoms with van der Waals surface area (Å²) < 4.78 is 100. The number of carbonyl (C=O) groups is 1. The minimum absolute atomic E-state index is 0.0631. The Morgan fingerprint density at radius 3 is 2.14 bits per heavy atom. The van der Waals surface area contributed by atoms with E-state index in [-0.39, 0.29) is 48.0 Å². The van der Waals surface area contributed by atoms with E-state index >= 15 is 0 Å². The lowest BCUT2D eigenvalue weighted by Crippen LogP contribution is -2.34. The number of hydrogen-bond donors (Lipinski definition) is 1. The summed E-state index contributed by atoms with van der Waals surface area (Å²) in [7, 11) is 0. The monoisotopic (exact) mass is 530 g/mol. The Morgan fingerprint density at radius 1 is 0.973 bits per heavy atom. The third-order valence-corrected chi connectivity index (χ3v) is 7.91. The molecule has 2 aliphatic heterocycles. The fourth-order valence-electron chi connectivity index (χ4n) is 6.34. The van der Waals surface area contributed by atoms with Gasteiger partial charge in [0.25, 0.3) is 0 Å². The van der Waals surface area contributed by atoms with Crippen LogP contribution in [0.5, 0.6) is 0 Å². The molecular formula is C26H25F7N2O2. The maximum Gasteiger partial charge on any atom is 0.416 e. The van der Waals surface area contributed by atoms with Crippen molar-refractivity contribution < 1.29 is 40.3 Å². The van der Waals surface area contributed by atoms with Crippen LogP contribution in [0.3, 0.4) is 0 Å². The fourth-order valence-corrected chi connectivity index (χ4v) is 6.34. The topological polar surface area (TPSA) is 55.6 Å². The Labute approximate surface area is 208 Å². The average Bonchev–Trinajstić information content (AvgIpc) is 3.44. The molecule has 37 heavy (non-hydrogen) atoms. The third kappa shape index (κ3) is 4.71. The molecule has 4 nitrogen and oxygen atoms in total. The van der Waals surface area contributed by atoms with Crippen LogP contribution in [0, 0.1) is 17.7 Å². The minimum atomic E-state index is -4.98. The molecule has 1 amide bonds. The van der Waals surface area contributed by atoms with E-state index in [1.54, 1.807) is 17.0 Å². The molecule has 0 bridgehead atoms. The Morgan fingerprint density at radius 2 is 1.57 bits per heavy atom. The van der Waals surface area contributed by atoms with E-state index in [1.807, 2.05) is 0 Å². The first-order chi connectivity index (χ1) is 17.2. The molecule has 2 aromatic rings. The number of nitrogens with two attached hydrogens (primary N) is 1. The number of halogens is 7. The predicted molar refractivity (Wildman–Crippen MR) is 119 cm³/mol. The molecule has 0 spiro atoms. The Bertz CT molecular complexity index is 1150. The summed E-state index contributed by atoms with van der Waals surface area (Å²) in [5.74, 6) is -1.28. The summed E-state index contributed by atoms with van der Waals surface area (Å²) in [6, 6.07) is 6.63. The van der Waals surface area contributed by atoms with Crippen molar-refractivity contribution in [1.29, 1.82) is 0 Å². The van der Waals surface area contributed by atoms with Gasteiger partial charge in [-0.3, -0.25) is 4.79 Å². The zero-order valence-corrected chi connectivity index (χ0v) is 19.7. The van der Waals surface area contributed by atoms with E-state index < -0.39 is 47.4 Å². The standard InChI is InChI=1S/C26H25F7N2O2/c1-12(14-6-15(25(28,29)30)8-16(7-14)26(31,32)33)37-21-11-35-23(19-9-18(34)10-20(19)24(35)36)22(21)13-2-4-17(27)5-3-13/h2-8,12,18-23H,9-11,34H2,1H3/t12-,18+,19+,20-,21+,22-,23+/m1/s1. The van der Waals surface area contributed by atoms with Crippen molar-refractivity contribution in [2.45, 2.75) is 62.3 Å². The van der Waals surface area contributed by atoms with Gasteiger partial charge in [-0.15, -0.1) is 0 Å². The molecule has 2 heterocycles. The molecule has 3 fully saturated rings. The Balaban J connectivity index is 1.49. The molecule has 0 radical (unpaired) electrons. The van der Waals surface area contributed by atoms with Crippen molar-refractivity contribution in [2.75, 3.05) is 6.54 Å². The number of fused-ring (bicyclic) bond motifs is 3. The van der Waals surface area contributed by atoms with Crippen LogP contribution in [-0.4, -0.2) is 35.5 Å². The highest BCUT2D eigenvalue weighted by atomic mass is 19.4. The normalized spacial score (nSPS) is 30.5. The first kappa shape index (κ1) is 26.0. The van der Waals surface area contributed by atoms with E-state index in [0.29, 0.717) is 30.5 Å². The number of benzene rings is 2. The van der Waals surface area contributed by atoms with Gasteiger partial charge in [0.1, 0.15) is 5.82 Å². The van der Waals surface area contributed by atoms with Crippen LogP contribution in [-0.2, 0) is 21.9 Å². The average molecular weight is 530 g/mol. The number of nitrogens with zero attached hydrogens (tertiary/aromatic N) is 1. The van der Waals surface area contributed by atoms with Crippen molar-refractivity contribution >= 4 is 5.91 Å². The molecule has 200 valence electrons. The number of hydrogen-bond acceptors (Lipinski definition) is 3. The van der Waals surface area contributed by atoms with Crippen molar-refractivity contribution in [1.82, 2.24) is 4.90 Å². The van der Waals surface area contributed by atoms with Gasteiger partial charge < -0.3 is 15.4 Å². The van der Waals surface area contributed by atoms with Gasteiger partial charge in [-0.25, -0.2) is 4.39 Å². The van der Waals surface area contributed by atoms with E-state index in [4.69, 9.17) is 10.5 Å². The maximum absolute atomic E-state index is 13.7. The smallest absolute Gasteiger partial charge is 0.368 e. The second kappa shape index (κ2) is 8.97. The summed E-state index contributed by atoms with van der Waals surface area (Å²) in [6.45, 7) is 1.51. The SMILES string of the molecule is C[C@@H](O[C@H]1CN2C(=O)[C@@H]3C[C@@H](N)C[C@@H]3[C@H]2[C@@H]1c1ccc(F)cc1)c1cc(C(F)(F)F)cc(C(F)(F)F)c1. The fraction of sp³-hybridized carbons (Fsp3) is 0.500. The van der Waals surface area contributed by atoms with Crippen LogP contribution in [0.4, 0.5) is 30.7 Å².